The van der Waals surface area contributed by atoms with Crippen molar-refractivity contribution in [3.63, 3.8) is 0 Å². The number of hydrogen-bond acceptors (Lipinski definition) is 4. The zero-order valence-electron chi connectivity index (χ0n) is 11.3. The third-order valence-corrected chi connectivity index (χ3v) is 2.89. The molecule has 0 spiro atoms. The lowest BCUT2D eigenvalue weighted by Crippen LogP contribution is -1.94. The Labute approximate surface area is 117 Å². The van der Waals surface area contributed by atoms with Gasteiger partial charge in [0, 0.05) is 12.1 Å². The molecule has 0 aromatic heterocycles. The summed E-state index contributed by atoms with van der Waals surface area (Å²) in [5.74, 6) is 0. The van der Waals surface area contributed by atoms with Crippen molar-refractivity contribution in [2.75, 3.05) is 5.43 Å². The summed E-state index contributed by atoms with van der Waals surface area (Å²) in [6.07, 6.45) is 1.71. The van der Waals surface area contributed by atoms with Gasteiger partial charge >= 0.3 is 0 Å². The summed E-state index contributed by atoms with van der Waals surface area (Å²) < 4.78 is 0. The van der Waals surface area contributed by atoms with Gasteiger partial charge in [-0.25, -0.2) is 0 Å². The van der Waals surface area contributed by atoms with Crippen LogP contribution in [0.25, 0.3) is 0 Å². The van der Waals surface area contributed by atoms with E-state index < -0.39 is 4.92 Å². The summed E-state index contributed by atoms with van der Waals surface area (Å²) in [6.45, 7) is 4.03. The Morgan fingerprint density at radius 1 is 1.20 bits per heavy atom. The number of benzene rings is 2. The second-order valence-electron chi connectivity index (χ2n) is 4.54. The second-order valence-corrected chi connectivity index (χ2v) is 4.54. The van der Waals surface area contributed by atoms with Gasteiger partial charge in [0.2, 0.25) is 0 Å². The smallest absolute Gasteiger partial charge is 0.271 e. The Bertz CT molecular complexity index is 666. The standard InChI is InChI=1S/C15H15N3O2/c1-11-6-7-12(2)13(8-11)10-16-17-14-4-3-5-15(9-14)18(19)20/h3-10,17H,1-2H3/b16-10+. The molecule has 2 aromatic rings. The first kappa shape index (κ1) is 13.7. The summed E-state index contributed by atoms with van der Waals surface area (Å²) in [4.78, 5) is 10.2. The maximum Gasteiger partial charge on any atom is 0.271 e. The lowest BCUT2D eigenvalue weighted by Gasteiger charge is -2.02. The summed E-state index contributed by atoms with van der Waals surface area (Å²) in [6, 6.07) is 12.3. The molecule has 0 fully saturated rings. The largest absolute Gasteiger partial charge is 0.278 e. The van der Waals surface area contributed by atoms with Gasteiger partial charge in [-0.1, -0.05) is 29.8 Å². The first-order valence-electron chi connectivity index (χ1n) is 6.17. The number of hydrogen-bond donors (Lipinski definition) is 1. The van der Waals surface area contributed by atoms with Crippen molar-refractivity contribution in [1.82, 2.24) is 0 Å². The number of non-ortho nitro benzene ring substituents is 1. The van der Waals surface area contributed by atoms with E-state index in [0.29, 0.717) is 5.69 Å². The number of aryl methyl sites for hydroxylation is 2. The fraction of sp³-hybridized carbons (Fsp3) is 0.133. The van der Waals surface area contributed by atoms with Crippen molar-refractivity contribution in [2.45, 2.75) is 13.8 Å². The van der Waals surface area contributed by atoms with E-state index in [1.807, 2.05) is 32.0 Å². The molecule has 0 heterocycles. The molecule has 0 radical (unpaired) electrons. The maximum absolute atomic E-state index is 10.7. The van der Waals surface area contributed by atoms with Crippen LogP contribution in [0, 0.1) is 24.0 Å². The Hall–Kier alpha value is -2.69. The zero-order chi connectivity index (χ0) is 14.5. The second kappa shape index (κ2) is 5.97. The molecular weight excluding hydrogens is 254 g/mol. The molecule has 2 rings (SSSR count). The molecule has 0 saturated carbocycles. The van der Waals surface area contributed by atoms with E-state index in [-0.39, 0.29) is 5.69 Å². The fourth-order valence-electron chi connectivity index (χ4n) is 1.76. The van der Waals surface area contributed by atoms with Crippen molar-refractivity contribution >= 4 is 17.6 Å². The highest BCUT2D eigenvalue weighted by Gasteiger charge is 2.04. The molecule has 0 aliphatic heterocycles. The van der Waals surface area contributed by atoms with E-state index in [0.717, 1.165) is 16.7 Å². The first-order valence-corrected chi connectivity index (χ1v) is 6.17. The molecule has 20 heavy (non-hydrogen) atoms. The van der Waals surface area contributed by atoms with Crippen molar-refractivity contribution in [3.05, 3.63) is 69.3 Å². The molecule has 102 valence electrons. The Morgan fingerprint density at radius 3 is 2.75 bits per heavy atom. The number of anilines is 1. The Balaban J connectivity index is 2.12. The van der Waals surface area contributed by atoms with Crippen LogP contribution in [-0.2, 0) is 0 Å². The predicted molar refractivity (Wildman–Crippen MR) is 80.2 cm³/mol. The van der Waals surface area contributed by atoms with Crippen molar-refractivity contribution in [3.8, 4) is 0 Å². The van der Waals surface area contributed by atoms with Gasteiger partial charge in [-0.2, -0.15) is 5.10 Å². The van der Waals surface area contributed by atoms with Crippen LogP contribution in [0.1, 0.15) is 16.7 Å². The van der Waals surface area contributed by atoms with Crippen LogP contribution in [0.3, 0.4) is 0 Å². The lowest BCUT2D eigenvalue weighted by atomic mass is 10.1. The van der Waals surface area contributed by atoms with Crippen LogP contribution in [0.2, 0.25) is 0 Å². The van der Waals surface area contributed by atoms with Crippen LogP contribution in [0.15, 0.2) is 47.6 Å². The molecule has 0 amide bonds. The van der Waals surface area contributed by atoms with Gasteiger partial charge in [0.05, 0.1) is 16.8 Å². The number of rotatable bonds is 4. The zero-order valence-corrected chi connectivity index (χ0v) is 11.3. The summed E-state index contributed by atoms with van der Waals surface area (Å²) >= 11 is 0. The van der Waals surface area contributed by atoms with E-state index in [9.17, 15) is 10.1 Å². The molecule has 0 saturated heterocycles. The van der Waals surface area contributed by atoms with E-state index in [2.05, 4.69) is 10.5 Å². The Morgan fingerprint density at radius 2 is 2.00 bits per heavy atom. The normalized spacial score (nSPS) is 10.7. The van der Waals surface area contributed by atoms with Crippen molar-refractivity contribution in [2.24, 2.45) is 5.10 Å². The first-order chi connectivity index (χ1) is 9.56. The molecule has 5 nitrogen and oxygen atoms in total. The molecular formula is C15H15N3O2. The van der Waals surface area contributed by atoms with E-state index in [1.165, 1.54) is 12.1 Å². The molecule has 0 aliphatic carbocycles. The van der Waals surface area contributed by atoms with Crippen molar-refractivity contribution in [1.29, 1.82) is 0 Å². The van der Waals surface area contributed by atoms with Crippen LogP contribution >= 0.6 is 0 Å². The van der Waals surface area contributed by atoms with Gasteiger partial charge in [-0.05, 0) is 31.0 Å². The van der Waals surface area contributed by atoms with E-state index >= 15 is 0 Å². The highest BCUT2D eigenvalue weighted by atomic mass is 16.6. The average molecular weight is 269 g/mol. The molecule has 1 N–H and O–H groups in total. The number of nitrogens with one attached hydrogen (secondary N) is 1. The van der Waals surface area contributed by atoms with E-state index in [1.54, 1.807) is 18.3 Å². The lowest BCUT2D eigenvalue weighted by molar-refractivity contribution is -0.384. The third-order valence-electron chi connectivity index (χ3n) is 2.89. The maximum atomic E-state index is 10.7. The molecule has 0 unspecified atom stereocenters. The molecule has 5 heteroatoms. The third kappa shape index (κ3) is 3.41. The number of hydrazone groups is 1. The number of nitrogens with zero attached hydrogens (tertiary/aromatic N) is 2. The molecule has 0 atom stereocenters. The quantitative estimate of drug-likeness (QED) is 0.523. The highest BCUT2D eigenvalue weighted by Crippen LogP contribution is 2.17. The highest BCUT2D eigenvalue weighted by molar-refractivity contribution is 5.82. The van der Waals surface area contributed by atoms with Crippen LogP contribution in [-0.4, -0.2) is 11.1 Å². The minimum Gasteiger partial charge on any atom is -0.278 e. The van der Waals surface area contributed by atoms with Gasteiger partial charge in [-0.15, -0.1) is 0 Å². The van der Waals surface area contributed by atoms with Gasteiger partial charge in [0.25, 0.3) is 5.69 Å². The molecule has 0 aliphatic rings. The van der Waals surface area contributed by atoms with Gasteiger partial charge in [0.1, 0.15) is 0 Å². The fourth-order valence-corrected chi connectivity index (χ4v) is 1.76. The number of nitro groups is 1. The minimum atomic E-state index is -0.431. The summed E-state index contributed by atoms with van der Waals surface area (Å²) in [7, 11) is 0. The van der Waals surface area contributed by atoms with E-state index in [4.69, 9.17) is 0 Å². The monoisotopic (exact) mass is 269 g/mol. The van der Waals surface area contributed by atoms with Gasteiger partial charge < -0.3 is 0 Å². The molecule has 2 aromatic carbocycles. The van der Waals surface area contributed by atoms with Gasteiger partial charge in [0.15, 0.2) is 0 Å². The summed E-state index contributed by atoms with van der Waals surface area (Å²) in [5, 5.41) is 14.8. The Kier molecular flexibility index (Phi) is 4.10. The minimum absolute atomic E-state index is 0.0388. The van der Waals surface area contributed by atoms with Gasteiger partial charge in [-0.3, -0.25) is 15.5 Å². The molecule has 0 bridgehead atoms. The van der Waals surface area contributed by atoms with Crippen LogP contribution in [0.5, 0.6) is 0 Å². The predicted octanol–water partition coefficient (Wildman–Crippen LogP) is 3.66. The average Bonchev–Trinajstić information content (AvgIpc) is 2.43. The summed E-state index contributed by atoms with van der Waals surface area (Å²) in [5.41, 5.74) is 6.72. The SMILES string of the molecule is Cc1ccc(C)c(/C=N/Nc2cccc([N+](=O)[O-])c2)c1. The topological polar surface area (TPSA) is 67.5 Å². The number of nitro benzene ring substituents is 1. The van der Waals surface area contributed by atoms with Crippen LogP contribution in [0.4, 0.5) is 11.4 Å². The van der Waals surface area contributed by atoms with Crippen molar-refractivity contribution < 1.29 is 4.92 Å². The van der Waals surface area contributed by atoms with Crippen LogP contribution < -0.4 is 5.43 Å².